The molecule has 0 aromatic heterocycles. The highest BCUT2D eigenvalue weighted by molar-refractivity contribution is 7.91. The molecule has 1 aromatic rings. The average Bonchev–Trinajstić information content (AvgIpc) is 2.38. The fourth-order valence-electron chi connectivity index (χ4n) is 1.66. The maximum Gasteiger partial charge on any atom is 0.341 e. The van der Waals surface area contributed by atoms with E-state index in [4.69, 9.17) is 5.11 Å². The number of anilines is 1. The third-order valence-electron chi connectivity index (χ3n) is 2.63. The van der Waals surface area contributed by atoms with Crippen molar-refractivity contribution in [3.63, 3.8) is 0 Å². The summed E-state index contributed by atoms with van der Waals surface area (Å²) in [5, 5.41) is 11.5. The molecular weight excluding hydrogens is 292 g/mol. The fraction of sp³-hybridized carbons (Fsp3) is 0.417. The zero-order valence-corrected chi connectivity index (χ0v) is 11.5. The second-order valence-electron chi connectivity index (χ2n) is 4.13. The van der Waals surface area contributed by atoms with Crippen molar-refractivity contribution in [3.05, 3.63) is 24.3 Å². The van der Waals surface area contributed by atoms with Gasteiger partial charge in [-0.1, -0.05) is 25.5 Å². The highest BCUT2D eigenvalue weighted by Crippen LogP contribution is 2.27. The van der Waals surface area contributed by atoms with Gasteiger partial charge in [0, 0.05) is 0 Å². The molecule has 0 bridgehead atoms. The summed E-state index contributed by atoms with van der Waals surface area (Å²) in [7, 11) is -4.78. The van der Waals surface area contributed by atoms with Crippen LogP contribution in [0.4, 0.5) is 14.5 Å². The van der Waals surface area contributed by atoms with Crippen LogP contribution < -0.4 is 5.32 Å². The fourth-order valence-corrected chi connectivity index (χ4v) is 2.56. The van der Waals surface area contributed by atoms with E-state index in [-0.39, 0.29) is 12.1 Å². The van der Waals surface area contributed by atoms with E-state index in [1.165, 1.54) is 18.2 Å². The number of para-hydroxylation sites is 1. The number of halogens is 2. The molecule has 112 valence electrons. The maximum absolute atomic E-state index is 12.6. The number of sulfone groups is 1. The molecule has 1 rings (SSSR count). The van der Waals surface area contributed by atoms with E-state index in [1.807, 2.05) is 0 Å². The Morgan fingerprint density at radius 1 is 1.35 bits per heavy atom. The molecule has 2 N–H and O–H groups in total. The molecule has 0 radical (unpaired) electrons. The number of benzene rings is 1. The van der Waals surface area contributed by atoms with Gasteiger partial charge in [-0.15, -0.1) is 0 Å². The Hall–Kier alpha value is -1.70. The zero-order chi connectivity index (χ0) is 15.3. The highest BCUT2D eigenvalue weighted by atomic mass is 32.2. The number of hydrogen-bond acceptors (Lipinski definition) is 4. The monoisotopic (exact) mass is 307 g/mol. The molecule has 0 spiro atoms. The average molecular weight is 307 g/mol. The first kappa shape index (κ1) is 16.4. The van der Waals surface area contributed by atoms with Crippen molar-refractivity contribution < 1.29 is 27.1 Å². The molecule has 0 amide bonds. The van der Waals surface area contributed by atoms with Gasteiger partial charge in [0.05, 0.1) is 10.6 Å². The van der Waals surface area contributed by atoms with Crippen molar-refractivity contribution in [2.24, 2.45) is 0 Å². The minimum Gasteiger partial charge on any atom is -0.480 e. The summed E-state index contributed by atoms with van der Waals surface area (Å²) in [6.45, 7) is 1.76. The van der Waals surface area contributed by atoms with Gasteiger partial charge in [0.1, 0.15) is 6.04 Å². The zero-order valence-electron chi connectivity index (χ0n) is 10.7. The predicted molar refractivity (Wildman–Crippen MR) is 69.6 cm³/mol. The SMILES string of the molecule is CCCC(Nc1ccccc1S(=O)(=O)C(F)F)C(=O)O. The first-order chi connectivity index (χ1) is 9.30. The summed E-state index contributed by atoms with van der Waals surface area (Å²) in [5.74, 6) is -4.73. The number of carboxylic acid groups (broad SMARTS) is 1. The summed E-state index contributed by atoms with van der Waals surface area (Å²) in [6, 6.07) is 4.00. The number of rotatable bonds is 7. The lowest BCUT2D eigenvalue weighted by Gasteiger charge is -2.17. The lowest BCUT2D eigenvalue weighted by molar-refractivity contribution is -0.138. The Balaban J connectivity index is 3.17. The normalized spacial score (nSPS) is 13.2. The van der Waals surface area contributed by atoms with Gasteiger partial charge in [0.15, 0.2) is 0 Å². The van der Waals surface area contributed by atoms with Crippen molar-refractivity contribution in [3.8, 4) is 0 Å². The molecule has 1 aromatic carbocycles. The molecule has 5 nitrogen and oxygen atoms in total. The number of carboxylic acids is 1. The van der Waals surface area contributed by atoms with Crippen LogP contribution in [0.3, 0.4) is 0 Å². The molecule has 0 aliphatic carbocycles. The lowest BCUT2D eigenvalue weighted by Crippen LogP contribution is -2.30. The summed E-state index contributed by atoms with van der Waals surface area (Å²) in [6.07, 6.45) is 0.798. The Kier molecular flexibility index (Phi) is 5.43. The van der Waals surface area contributed by atoms with E-state index in [0.29, 0.717) is 6.42 Å². The van der Waals surface area contributed by atoms with Crippen LogP contribution in [0.5, 0.6) is 0 Å². The number of hydrogen-bond donors (Lipinski definition) is 2. The van der Waals surface area contributed by atoms with Gasteiger partial charge < -0.3 is 10.4 Å². The minimum atomic E-state index is -4.78. The molecule has 0 fully saturated rings. The van der Waals surface area contributed by atoms with Gasteiger partial charge in [-0.25, -0.2) is 13.2 Å². The van der Waals surface area contributed by atoms with Crippen molar-refractivity contribution >= 4 is 21.5 Å². The van der Waals surface area contributed by atoms with Crippen LogP contribution in [-0.4, -0.2) is 31.3 Å². The molecule has 0 aliphatic heterocycles. The van der Waals surface area contributed by atoms with Crippen molar-refractivity contribution in [2.45, 2.75) is 36.5 Å². The first-order valence-electron chi connectivity index (χ1n) is 5.91. The van der Waals surface area contributed by atoms with Gasteiger partial charge in [0.2, 0.25) is 9.84 Å². The summed E-state index contributed by atoms with van der Waals surface area (Å²) in [4.78, 5) is 10.4. The largest absolute Gasteiger partial charge is 0.480 e. The second-order valence-corrected chi connectivity index (χ2v) is 6.01. The van der Waals surface area contributed by atoms with Crippen LogP contribution >= 0.6 is 0 Å². The molecular formula is C12H15F2NO4S. The molecule has 0 saturated heterocycles. The molecule has 20 heavy (non-hydrogen) atoms. The smallest absolute Gasteiger partial charge is 0.341 e. The van der Waals surface area contributed by atoms with E-state index in [2.05, 4.69) is 5.32 Å². The van der Waals surface area contributed by atoms with Crippen LogP contribution in [0.15, 0.2) is 29.2 Å². The van der Waals surface area contributed by atoms with E-state index >= 15 is 0 Å². The summed E-state index contributed by atoms with van der Waals surface area (Å²) < 4.78 is 48.2. The predicted octanol–water partition coefficient (Wildman–Crippen LogP) is 2.35. The van der Waals surface area contributed by atoms with E-state index in [0.717, 1.165) is 6.07 Å². The number of carbonyl (C=O) groups is 1. The highest BCUT2D eigenvalue weighted by Gasteiger charge is 2.30. The second kappa shape index (κ2) is 6.65. The van der Waals surface area contributed by atoms with Crippen LogP contribution in [0, 0.1) is 0 Å². The molecule has 0 heterocycles. The number of nitrogens with one attached hydrogen (secondary N) is 1. The van der Waals surface area contributed by atoms with Crippen LogP contribution in [0.25, 0.3) is 0 Å². The van der Waals surface area contributed by atoms with Gasteiger partial charge in [-0.3, -0.25) is 0 Å². The Morgan fingerprint density at radius 3 is 2.45 bits per heavy atom. The maximum atomic E-state index is 12.6. The van der Waals surface area contributed by atoms with Gasteiger partial charge >= 0.3 is 11.7 Å². The number of alkyl halides is 2. The Labute approximate surface area is 115 Å². The molecule has 8 heteroatoms. The topological polar surface area (TPSA) is 83.5 Å². The van der Waals surface area contributed by atoms with Crippen molar-refractivity contribution in [1.82, 2.24) is 0 Å². The quantitative estimate of drug-likeness (QED) is 0.808. The molecule has 0 saturated carbocycles. The van der Waals surface area contributed by atoms with Gasteiger partial charge in [0.25, 0.3) is 0 Å². The molecule has 1 unspecified atom stereocenters. The van der Waals surface area contributed by atoms with Gasteiger partial charge in [-0.2, -0.15) is 8.78 Å². The van der Waals surface area contributed by atoms with Crippen LogP contribution in [0.1, 0.15) is 19.8 Å². The minimum absolute atomic E-state index is 0.131. The van der Waals surface area contributed by atoms with E-state index in [1.54, 1.807) is 6.92 Å². The standard InChI is InChI=1S/C12H15F2NO4S/c1-2-5-9(11(16)17)15-8-6-3-4-7-10(8)20(18,19)12(13)14/h3-4,6-7,9,12,15H,2,5H2,1H3,(H,16,17). The summed E-state index contributed by atoms with van der Waals surface area (Å²) in [5.41, 5.74) is -0.131. The molecule has 1 atom stereocenters. The van der Waals surface area contributed by atoms with Crippen molar-refractivity contribution in [1.29, 1.82) is 0 Å². The molecule has 0 aliphatic rings. The van der Waals surface area contributed by atoms with E-state index < -0.39 is 32.5 Å². The Bertz CT molecular complexity index is 575. The summed E-state index contributed by atoms with van der Waals surface area (Å²) >= 11 is 0. The third kappa shape index (κ3) is 3.66. The van der Waals surface area contributed by atoms with E-state index in [9.17, 15) is 22.0 Å². The lowest BCUT2D eigenvalue weighted by atomic mass is 10.1. The van der Waals surface area contributed by atoms with Crippen LogP contribution in [-0.2, 0) is 14.6 Å². The van der Waals surface area contributed by atoms with Gasteiger partial charge in [-0.05, 0) is 18.6 Å². The third-order valence-corrected chi connectivity index (χ3v) is 4.07. The number of aliphatic carboxylic acids is 1. The van der Waals surface area contributed by atoms with Crippen LogP contribution in [0.2, 0.25) is 0 Å². The van der Waals surface area contributed by atoms with Crippen molar-refractivity contribution in [2.75, 3.05) is 5.32 Å². The Morgan fingerprint density at radius 2 is 1.95 bits per heavy atom. The first-order valence-corrected chi connectivity index (χ1v) is 7.45.